The molecule has 0 amide bonds. The van der Waals surface area contributed by atoms with Crippen LogP contribution in [0.4, 0.5) is 0 Å². The normalized spacial score (nSPS) is 11.1. The van der Waals surface area contributed by atoms with Gasteiger partial charge >= 0.3 is 0 Å². The standard InChI is InChI=1S/C19H22/c1-3-4-5-6-17-11-13-19(14-12-17)15-18-9-7-16(2)8-10-18/h5-14H,3-4,15H2,1-2H3/b6-5+. The summed E-state index contributed by atoms with van der Waals surface area (Å²) < 4.78 is 0. The van der Waals surface area contributed by atoms with Crippen molar-refractivity contribution in [2.24, 2.45) is 0 Å². The summed E-state index contributed by atoms with van der Waals surface area (Å²) in [6, 6.07) is 17.6. The first kappa shape index (κ1) is 13.6. The lowest BCUT2D eigenvalue weighted by Crippen LogP contribution is -1.88. The van der Waals surface area contributed by atoms with Crippen LogP contribution in [0.5, 0.6) is 0 Å². The molecule has 0 nitrogen and oxygen atoms in total. The molecule has 19 heavy (non-hydrogen) atoms. The fourth-order valence-electron chi connectivity index (χ4n) is 2.07. The summed E-state index contributed by atoms with van der Waals surface area (Å²) in [5, 5.41) is 0. The first-order valence-corrected chi connectivity index (χ1v) is 7.09. The van der Waals surface area contributed by atoms with Crippen molar-refractivity contribution in [3.8, 4) is 0 Å². The molecule has 0 bridgehead atoms. The fourth-order valence-corrected chi connectivity index (χ4v) is 2.07. The minimum atomic E-state index is 1.01. The Bertz CT molecular complexity index is 515. The topological polar surface area (TPSA) is 0 Å². The molecular formula is C19H22. The Morgan fingerprint density at radius 2 is 1.42 bits per heavy atom. The van der Waals surface area contributed by atoms with Gasteiger partial charge in [0.15, 0.2) is 0 Å². The van der Waals surface area contributed by atoms with Crippen LogP contribution < -0.4 is 0 Å². The summed E-state index contributed by atoms with van der Waals surface area (Å²) >= 11 is 0. The average molecular weight is 250 g/mol. The van der Waals surface area contributed by atoms with E-state index in [4.69, 9.17) is 0 Å². The number of unbranched alkanes of at least 4 members (excludes halogenated alkanes) is 1. The number of allylic oxidation sites excluding steroid dienone is 1. The lowest BCUT2D eigenvalue weighted by Gasteiger charge is -2.03. The zero-order valence-corrected chi connectivity index (χ0v) is 11.9. The van der Waals surface area contributed by atoms with Gasteiger partial charge in [-0.15, -0.1) is 0 Å². The number of hydrogen-bond acceptors (Lipinski definition) is 0. The molecule has 0 radical (unpaired) electrons. The highest BCUT2D eigenvalue weighted by molar-refractivity contribution is 5.49. The molecule has 0 aromatic heterocycles. The summed E-state index contributed by atoms with van der Waals surface area (Å²) in [6.07, 6.45) is 7.83. The summed E-state index contributed by atoms with van der Waals surface area (Å²) in [5.41, 5.74) is 5.36. The molecular weight excluding hydrogens is 228 g/mol. The van der Waals surface area contributed by atoms with E-state index in [1.807, 2.05) is 0 Å². The third kappa shape index (κ3) is 4.40. The minimum Gasteiger partial charge on any atom is -0.0840 e. The van der Waals surface area contributed by atoms with Gasteiger partial charge in [-0.2, -0.15) is 0 Å². The van der Waals surface area contributed by atoms with Crippen LogP contribution in [0, 0.1) is 6.92 Å². The molecule has 2 aromatic carbocycles. The molecule has 0 saturated heterocycles. The van der Waals surface area contributed by atoms with Crippen LogP contribution in [0.25, 0.3) is 6.08 Å². The van der Waals surface area contributed by atoms with Crippen molar-refractivity contribution in [1.82, 2.24) is 0 Å². The molecule has 0 heteroatoms. The molecule has 0 atom stereocenters. The first-order valence-electron chi connectivity index (χ1n) is 7.09. The predicted molar refractivity (Wildman–Crippen MR) is 84.4 cm³/mol. The van der Waals surface area contributed by atoms with Crippen LogP contribution in [0.2, 0.25) is 0 Å². The quantitative estimate of drug-likeness (QED) is 0.666. The largest absolute Gasteiger partial charge is 0.0840 e. The van der Waals surface area contributed by atoms with Gasteiger partial charge in [-0.25, -0.2) is 0 Å². The SMILES string of the molecule is CCC/C=C/c1ccc(Cc2ccc(C)cc2)cc1. The van der Waals surface area contributed by atoms with E-state index in [1.165, 1.54) is 28.7 Å². The van der Waals surface area contributed by atoms with Crippen molar-refractivity contribution in [3.05, 3.63) is 76.9 Å². The van der Waals surface area contributed by atoms with Crippen molar-refractivity contribution in [2.45, 2.75) is 33.1 Å². The van der Waals surface area contributed by atoms with E-state index in [1.54, 1.807) is 0 Å². The lowest BCUT2D eigenvalue weighted by molar-refractivity contribution is 0.962. The zero-order valence-electron chi connectivity index (χ0n) is 11.9. The summed E-state index contributed by atoms with van der Waals surface area (Å²) in [4.78, 5) is 0. The number of aryl methyl sites for hydroxylation is 1. The van der Waals surface area contributed by atoms with Gasteiger partial charge in [-0.3, -0.25) is 0 Å². The van der Waals surface area contributed by atoms with Gasteiger partial charge < -0.3 is 0 Å². The van der Waals surface area contributed by atoms with E-state index >= 15 is 0 Å². The molecule has 0 aliphatic rings. The molecule has 98 valence electrons. The highest BCUT2D eigenvalue weighted by Crippen LogP contribution is 2.13. The van der Waals surface area contributed by atoms with E-state index in [9.17, 15) is 0 Å². The van der Waals surface area contributed by atoms with Crippen LogP contribution in [0.3, 0.4) is 0 Å². The molecule has 0 N–H and O–H groups in total. The van der Waals surface area contributed by atoms with Gasteiger partial charge in [0, 0.05) is 0 Å². The number of benzene rings is 2. The molecule has 2 aromatic rings. The highest BCUT2D eigenvalue weighted by Gasteiger charge is 1.96. The van der Waals surface area contributed by atoms with Gasteiger partial charge in [0.2, 0.25) is 0 Å². The maximum Gasteiger partial charge on any atom is -0.00258 e. The van der Waals surface area contributed by atoms with Crippen molar-refractivity contribution in [2.75, 3.05) is 0 Å². The number of hydrogen-bond donors (Lipinski definition) is 0. The van der Waals surface area contributed by atoms with Crippen LogP contribution in [0.15, 0.2) is 54.6 Å². The van der Waals surface area contributed by atoms with Crippen molar-refractivity contribution < 1.29 is 0 Å². The molecule has 0 unspecified atom stereocenters. The second kappa shape index (κ2) is 6.94. The van der Waals surface area contributed by atoms with E-state index in [0.29, 0.717) is 0 Å². The van der Waals surface area contributed by atoms with Gasteiger partial charge in [0.1, 0.15) is 0 Å². The molecule has 0 fully saturated rings. The average Bonchev–Trinajstić information content (AvgIpc) is 2.44. The van der Waals surface area contributed by atoms with Crippen molar-refractivity contribution in [1.29, 1.82) is 0 Å². The molecule has 0 saturated carbocycles. The third-order valence-corrected chi connectivity index (χ3v) is 3.27. The van der Waals surface area contributed by atoms with E-state index in [-0.39, 0.29) is 0 Å². The van der Waals surface area contributed by atoms with Crippen molar-refractivity contribution >= 4 is 6.08 Å². The second-order valence-electron chi connectivity index (χ2n) is 5.10. The molecule has 0 aliphatic heterocycles. The van der Waals surface area contributed by atoms with Gasteiger partial charge in [-0.1, -0.05) is 79.6 Å². The van der Waals surface area contributed by atoms with Crippen LogP contribution in [-0.2, 0) is 6.42 Å². The monoisotopic (exact) mass is 250 g/mol. The molecule has 2 rings (SSSR count). The van der Waals surface area contributed by atoms with Gasteiger partial charge in [0.25, 0.3) is 0 Å². The highest BCUT2D eigenvalue weighted by atomic mass is 14.0. The minimum absolute atomic E-state index is 1.01. The Kier molecular flexibility index (Phi) is 4.97. The van der Waals surface area contributed by atoms with E-state index in [0.717, 1.165) is 12.8 Å². The first-order chi connectivity index (χ1) is 9.28. The van der Waals surface area contributed by atoms with Crippen LogP contribution >= 0.6 is 0 Å². The second-order valence-corrected chi connectivity index (χ2v) is 5.10. The zero-order chi connectivity index (χ0) is 13.5. The molecule has 0 heterocycles. The Morgan fingerprint density at radius 3 is 2.00 bits per heavy atom. The summed E-state index contributed by atoms with van der Waals surface area (Å²) in [5.74, 6) is 0. The molecule has 0 spiro atoms. The molecule has 0 aliphatic carbocycles. The Labute approximate surface area is 116 Å². The lowest BCUT2D eigenvalue weighted by atomic mass is 10.0. The smallest absolute Gasteiger partial charge is 0.00258 e. The van der Waals surface area contributed by atoms with Crippen LogP contribution in [0.1, 0.15) is 42.0 Å². The number of rotatable bonds is 5. The fraction of sp³-hybridized carbons (Fsp3) is 0.263. The van der Waals surface area contributed by atoms with E-state index < -0.39 is 0 Å². The Morgan fingerprint density at radius 1 is 0.842 bits per heavy atom. The van der Waals surface area contributed by atoms with Gasteiger partial charge in [-0.05, 0) is 36.5 Å². The predicted octanol–water partition coefficient (Wildman–Crippen LogP) is 5.40. The Hall–Kier alpha value is -1.82. The third-order valence-electron chi connectivity index (χ3n) is 3.27. The van der Waals surface area contributed by atoms with Crippen LogP contribution in [-0.4, -0.2) is 0 Å². The maximum absolute atomic E-state index is 2.25. The summed E-state index contributed by atoms with van der Waals surface area (Å²) in [7, 11) is 0. The summed E-state index contributed by atoms with van der Waals surface area (Å²) in [6.45, 7) is 4.33. The van der Waals surface area contributed by atoms with E-state index in [2.05, 4.69) is 74.5 Å². The Balaban J connectivity index is 2.00. The van der Waals surface area contributed by atoms with Gasteiger partial charge in [0.05, 0.1) is 0 Å². The maximum atomic E-state index is 2.25. The van der Waals surface area contributed by atoms with Crippen molar-refractivity contribution in [3.63, 3.8) is 0 Å².